The molecule has 1 rings (SSSR count). The number of aliphatic imine (C=N–C) groups is 1. The summed E-state index contributed by atoms with van der Waals surface area (Å²) >= 11 is 0. The molecular weight excluding hydrogens is 374 g/mol. The van der Waals surface area contributed by atoms with Gasteiger partial charge in [0.15, 0.2) is 0 Å². The molecule has 0 aromatic heterocycles. The largest absolute Gasteiger partial charge is 0.444 e. The topological polar surface area (TPSA) is 45.1 Å². The summed E-state index contributed by atoms with van der Waals surface area (Å²) in [6, 6.07) is 0.0788. The minimum Gasteiger partial charge on any atom is -0.444 e. The molecule has 30 heavy (non-hydrogen) atoms. The van der Waals surface area contributed by atoms with Gasteiger partial charge in [-0.25, -0.2) is 4.79 Å². The smallest absolute Gasteiger partial charge is 0.410 e. The predicted octanol–water partition coefficient (Wildman–Crippen LogP) is 6.19. The van der Waals surface area contributed by atoms with Gasteiger partial charge in [-0.1, -0.05) is 32.9 Å². The van der Waals surface area contributed by atoms with E-state index in [1.54, 1.807) is 0 Å². The van der Waals surface area contributed by atoms with Gasteiger partial charge in [-0.3, -0.25) is 4.99 Å². The van der Waals surface area contributed by atoms with Gasteiger partial charge in [0, 0.05) is 48.9 Å². The van der Waals surface area contributed by atoms with E-state index in [1.807, 2.05) is 31.9 Å². The Morgan fingerprint density at radius 3 is 2.33 bits per heavy atom. The van der Waals surface area contributed by atoms with Crippen molar-refractivity contribution in [3.05, 3.63) is 35.2 Å². The first-order valence-corrected chi connectivity index (χ1v) is 11.2. The monoisotopic (exact) mass is 417 g/mol. The minimum atomic E-state index is -0.478. The van der Waals surface area contributed by atoms with Crippen molar-refractivity contribution < 1.29 is 9.53 Å². The molecule has 5 nitrogen and oxygen atoms in total. The van der Waals surface area contributed by atoms with Gasteiger partial charge < -0.3 is 14.5 Å². The number of carbonyl (C=O) groups is 1. The van der Waals surface area contributed by atoms with E-state index >= 15 is 0 Å². The van der Waals surface area contributed by atoms with E-state index in [0.717, 1.165) is 25.2 Å². The van der Waals surface area contributed by atoms with Crippen molar-refractivity contribution in [3.8, 4) is 0 Å². The highest BCUT2D eigenvalue weighted by molar-refractivity contribution is 6.03. The lowest BCUT2D eigenvalue weighted by Gasteiger charge is -2.42. The molecule has 0 saturated carbocycles. The Morgan fingerprint density at radius 2 is 1.87 bits per heavy atom. The molecule has 1 atom stereocenters. The number of nitrogens with zero attached hydrogens (tertiary/aromatic N) is 3. The molecule has 0 bridgehead atoms. The van der Waals surface area contributed by atoms with Crippen molar-refractivity contribution in [2.24, 2.45) is 10.9 Å². The Balaban J connectivity index is 3.20. The molecular formula is C25H43N3O2. The van der Waals surface area contributed by atoms with Gasteiger partial charge in [-0.15, -0.1) is 0 Å². The molecule has 1 fully saturated rings. The summed E-state index contributed by atoms with van der Waals surface area (Å²) in [6.07, 6.45) is 6.92. The van der Waals surface area contributed by atoms with Crippen LogP contribution in [0.25, 0.3) is 0 Å². The molecule has 0 spiro atoms. The second-order valence-electron chi connectivity index (χ2n) is 9.34. The van der Waals surface area contributed by atoms with Gasteiger partial charge in [0.2, 0.25) is 0 Å². The summed E-state index contributed by atoms with van der Waals surface area (Å²) in [5.74, 6) is 0.403. The minimum absolute atomic E-state index is 0.0788. The van der Waals surface area contributed by atoms with Crippen molar-refractivity contribution in [1.82, 2.24) is 9.80 Å². The molecule has 170 valence electrons. The van der Waals surface area contributed by atoms with E-state index in [9.17, 15) is 4.79 Å². The Bertz CT molecular complexity index is 708. The van der Waals surface area contributed by atoms with Crippen molar-refractivity contribution in [3.63, 3.8) is 0 Å². The quantitative estimate of drug-likeness (QED) is 0.382. The van der Waals surface area contributed by atoms with E-state index < -0.39 is 5.60 Å². The maximum atomic E-state index is 12.6. The summed E-state index contributed by atoms with van der Waals surface area (Å²) in [5, 5.41) is 0. The van der Waals surface area contributed by atoms with Gasteiger partial charge in [0.05, 0.1) is 0 Å². The number of piperazine rings is 1. The fraction of sp³-hybridized carbons (Fsp3) is 0.680. The second-order valence-corrected chi connectivity index (χ2v) is 9.34. The molecule has 0 aromatic rings. The summed E-state index contributed by atoms with van der Waals surface area (Å²) in [7, 11) is 0. The zero-order valence-corrected chi connectivity index (χ0v) is 20.9. The molecule has 1 aliphatic heterocycles. The summed E-state index contributed by atoms with van der Waals surface area (Å²) in [4.78, 5) is 21.5. The molecule has 1 heterocycles. The molecule has 0 radical (unpaired) electrons. The zero-order valence-electron chi connectivity index (χ0n) is 20.9. The van der Waals surface area contributed by atoms with Crippen LogP contribution in [0, 0.1) is 5.92 Å². The number of hydrogen-bond acceptors (Lipinski definition) is 4. The van der Waals surface area contributed by atoms with Crippen molar-refractivity contribution in [2.75, 3.05) is 19.6 Å². The number of rotatable bonds is 6. The highest BCUT2D eigenvalue weighted by atomic mass is 16.6. The van der Waals surface area contributed by atoms with Crippen LogP contribution in [0.1, 0.15) is 75.7 Å². The Labute approximate surface area is 184 Å². The van der Waals surface area contributed by atoms with Crippen LogP contribution < -0.4 is 0 Å². The SMILES string of the molecule is C\C=C(C(/C(C)=N/C=C/CC)=C(/C)N1CCN(C(=O)OC(C)(C)C)C(C)C1)\C(C)C. The van der Waals surface area contributed by atoms with Crippen LogP contribution in [0.4, 0.5) is 4.79 Å². The highest BCUT2D eigenvalue weighted by Gasteiger charge is 2.32. The van der Waals surface area contributed by atoms with Gasteiger partial charge in [0.25, 0.3) is 0 Å². The molecule has 0 aliphatic carbocycles. The third-order valence-electron chi connectivity index (χ3n) is 5.28. The average Bonchev–Trinajstić information content (AvgIpc) is 2.63. The van der Waals surface area contributed by atoms with E-state index in [1.165, 1.54) is 16.8 Å². The molecule has 5 heteroatoms. The van der Waals surface area contributed by atoms with Crippen LogP contribution in [0.15, 0.2) is 40.2 Å². The van der Waals surface area contributed by atoms with Gasteiger partial charge in [-0.2, -0.15) is 0 Å². The molecule has 0 aromatic carbocycles. The van der Waals surface area contributed by atoms with E-state index in [0.29, 0.717) is 12.5 Å². The first kappa shape index (κ1) is 26.0. The third kappa shape index (κ3) is 7.33. The lowest BCUT2D eigenvalue weighted by Crippen LogP contribution is -2.54. The van der Waals surface area contributed by atoms with Crippen LogP contribution in [0.3, 0.4) is 0 Å². The number of allylic oxidation sites excluding steroid dienone is 5. The van der Waals surface area contributed by atoms with Crippen LogP contribution in [-0.4, -0.2) is 52.9 Å². The summed E-state index contributed by atoms with van der Waals surface area (Å²) in [6.45, 7) is 23.0. The molecule has 1 amide bonds. The van der Waals surface area contributed by atoms with Gasteiger partial charge in [-0.05, 0) is 66.4 Å². The highest BCUT2D eigenvalue weighted by Crippen LogP contribution is 2.28. The maximum Gasteiger partial charge on any atom is 0.410 e. The summed E-state index contributed by atoms with van der Waals surface area (Å²) < 4.78 is 5.59. The Kier molecular flexibility index (Phi) is 9.86. The van der Waals surface area contributed by atoms with E-state index in [4.69, 9.17) is 9.73 Å². The lowest BCUT2D eigenvalue weighted by molar-refractivity contribution is 0.00494. The first-order valence-electron chi connectivity index (χ1n) is 11.2. The fourth-order valence-electron chi connectivity index (χ4n) is 3.79. The standard InChI is InChI=1S/C25H43N3O2/c1-11-13-14-26-20(6)23(22(12-2)18(3)4)21(7)27-15-16-28(19(5)17-27)24(29)30-25(8,9)10/h12-14,18-19H,11,15-17H2,1-10H3/b14-13+,22-12-,23-21-,26-20+. The molecule has 1 aliphatic rings. The second kappa shape index (κ2) is 11.4. The van der Waals surface area contributed by atoms with Gasteiger partial charge >= 0.3 is 6.09 Å². The van der Waals surface area contributed by atoms with E-state index in [2.05, 4.69) is 65.5 Å². The molecule has 1 unspecified atom stereocenters. The van der Waals surface area contributed by atoms with Crippen molar-refractivity contribution in [1.29, 1.82) is 0 Å². The number of amides is 1. The number of carbonyl (C=O) groups excluding carboxylic acids is 1. The van der Waals surface area contributed by atoms with Crippen LogP contribution in [-0.2, 0) is 4.74 Å². The number of hydrogen-bond donors (Lipinski definition) is 0. The average molecular weight is 418 g/mol. The van der Waals surface area contributed by atoms with E-state index in [-0.39, 0.29) is 12.1 Å². The Hall–Kier alpha value is -2.04. The molecule has 1 saturated heterocycles. The zero-order chi connectivity index (χ0) is 23.1. The van der Waals surface area contributed by atoms with Crippen LogP contribution >= 0.6 is 0 Å². The van der Waals surface area contributed by atoms with Crippen LogP contribution in [0.2, 0.25) is 0 Å². The number of ether oxygens (including phenoxy) is 1. The first-order chi connectivity index (χ1) is 13.9. The van der Waals surface area contributed by atoms with Crippen molar-refractivity contribution >= 4 is 11.8 Å². The fourth-order valence-corrected chi connectivity index (χ4v) is 3.79. The lowest BCUT2D eigenvalue weighted by atomic mass is 9.90. The van der Waals surface area contributed by atoms with Crippen molar-refractivity contribution in [2.45, 2.75) is 87.3 Å². The normalized spacial score (nSPS) is 20.2. The Morgan fingerprint density at radius 1 is 1.23 bits per heavy atom. The predicted molar refractivity (Wildman–Crippen MR) is 128 cm³/mol. The van der Waals surface area contributed by atoms with Gasteiger partial charge in [0.1, 0.15) is 5.60 Å². The third-order valence-corrected chi connectivity index (χ3v) is 5.28. The molecule has 0 N–H and O–H groups in total. The van der Waals surface area contributed by atoms with Crippen LogP contribution in [0.5, 0.6) is 0 Å². The maximum absolute atomic E-state index is 12.6. The summed E-state index contributed by atoms with van der Waals surface area (Å²) in [5.41, 5.74) is 4.29.